The second-order valence-corrected chi connectivity index (χ2v) is 10.2. The largest absolute Gasteiger partial charge is 0.493 e. The molecule has 3 aromatic rings. The van der Waals surface area contributed by atoms with Gasteiger partial charge in [-0.1, -0.05) is 17.7 Å². The van der Waals surface area contributed by atoms with Crippen molar-refractivity contribution in [2.24, 2.45) is 0 Å². The lowest BCUT2D eigenvalue weighted by atomic mass is 10.2. The average molecular weight is 546 g/mol. The first-order valence-electron chi connectivity index (χ1n) is 12.0. The summed E-state index contributed by atoms with van der Waals surface area (Å²) >= 11 is 6.09. The number of rotatable bonds is 4. The van der Waals surface area contributed by atoms with Crippen LogP contribution in [0.2, 0.25) is 5.02 Å². The Morgan fingerprint density at radius 2 is 1.89 bits per heavy atom. The molecule has 0 unspecified atom stereocenters. The maximum atomic E-state index is 13.9. The molecule has 2 heterocycles. The zero-order valence-electron chi connectivity index (χ0n) is 21.7. The second-order valence-electron chi connectivity index (χ2n) is 9.81. The number of fused-ring (bicyclic) bond motifs is 1. The van der Waals surface area contributed by atoms with Crippen LogP contribution in [0, 0.1) is 5.82 Å². The highest BCUT2D eigenvalue weighted by molar-refractivity contribution is 6.33. The molecule has 1 saturated heterocycles. The topological polar surface area (TPSA) is 106 Å². The number of amides is 2. The Kier molecular flexibility index (Phi) is 7.77. The Morgan fingerprint density at radius 3 is 2.58 bits per heavy atom. The summed E-state index contributed by atoms with van der Waals surface area (Å²) in [4.78, 5) is 37.2. The van der Waals surface area contributed by atoms with E-state index >= 15 is 0 Å². The number of carbonyl (C=O) groups is 2. The number of nitrogens with zero attached hydrogens (tertiary/aromatic N) is 4. The number of halogens is 2. The van der Waals surface area contributed by atoms with Gasteiger partial charge in [0.25, 0.3) is 0 Å². The molecular weight excluding hydrogens is 517 g/mol. The van der Waals surface area contributed by atoms with E-state index in [-0.39, 0.29) is 23.4 Å². The van der Waals surface area contributed by atoms with E-state index in [9.17, 15) is 14.0 Å². The second kappa shape index (κ2) is 10.9. The van der Waals surface area contributed by atoms with Crippen molar-refractivity contribution in [2.75, 3.05) is 32.1 Å². The van der Waals surface area contributed by atoms with Crippen LogP contribution < -0.4 is 14.8 Å². The van der Waals surface area contributed by atoms with E-state index in [0.29, 0.717) is 41.2 Å². The highest BCUT2D eigenvalue weighted by Crippen LogP contribution is 2.36. The van der Waals surface area contributed by atoms with E-state index in [0.717, 1.165) is 0 Å². The van der Waals surface area contributed by atoms with Crippen molar-refractivity contribution >= 4 is 46.2 Å². The number of piperazine rings is 1. The van der Waals surface area contributed by atoms with E-state index in [4.69, 9.17) is 25.8 Å². The SMILES string of the molecule is COc1cc2ncnc(Nc3cccc(F)c3Cl)c2cc1OC(=O)N1CCN(C(=O)OC(C)(C)C)C[C@H]1C. The van der Waals surface area contributed by atoms with Crippen LogP contribution in [0.25, 0.3) is 10.9 Å². The lowest BCUT2D eigenvalue weighted by Crippen LogP contribution is -2.56. The normalized spacial score (nSPS) is 15.8. The van der Waals surface area contributed by atoms with Gasteiger partial charge in [-0.15, -0.1) is 0 Å². The molecule has 1 aromatic heterocycles. The summed E-state index contributed by atoms with van der Waals surface area (Å²) in [6, 6.07) is 7.26. The van der Waals surface area contributed by atoms with Gasteiger partial charge in [0, 0.05) is 31.1 Å². The number of nitrogens with one attached hydrogen (secondary N) is 1. The van der Waals surface area contributed by atoms with E-state index in [1.54, 1.807) is 43.9 Å². The summed E-state index contributed by atoms with van der Waals surface area (Å²) in [5.74, 6) is 0.197. The maximum absolute atomic E-state index is 13.9. The van der Waals surface area contributed by atoms with Gasteiger partial charge < -0.3 is 29.3 Å². The fourth-order valence-electron chi connectivity index (χ4n) is 4.00. The van der Waals surface area contributed by atoms with Crippen LogP contribution in [0.15, 0.2) is 36.7 Å². The van der Waals surface area contributed by atoms with Crippen LogP contribution in [0.3, 0.4) is 0 Å². The molecule has 0 bridgehead atoms. The molecule has 4 rings (SSSR count). The molecule has 10 nitrogen and oxygen atoms in total. The Labute approximate surface area is 224 Å². The smallest absolute Gasteiger partial charge is 0.415 e. The van der Waals surface area contributed by atoms with Crippen molar-refractivity contribution < 1.29 is 28.2 Å². The van der Waals surface area contributed by atoms with Gasteiger partial charge >= 0.3 is 12.2 Å². The highest BCUT2D eigenvalue weighted by Gasteiger charge is 2.33. The molecule has 12 heteroatoms. The number of ether oxygens (including phenoxy) is 3. The molecule has 1 aliphatic heterocycles. The number of hydrogen-bond donors (Lipinski definition) is 1. The van der Waals surface area contributed by atoms with Crippen molar-refractivity contribution in [1.29, 1.82) is 0 Å². The van der Waals surface area contributed by atoms with Gasteiger partial charge in [0.05, 0.1) is 29.4 Å². The van der Waals surface area contributed by atoms with Gasteiger partial charge in [-0.05, 0) is 45.9 Å². The van der Waals surface area contributed by atoms with Gasteiger partial charge in [0.15, 0.2) is 11.5 Å². The van der Waals surface area contributed by atoms with Gasteiger partial charge in [0.2, 0.25) is 0 Å². The number of anilines is 2. The van der Waals surface area contributed by atoms with Crippen molar-refractivity contribution in [3.05, 3.63) is 47.5 Å². The fraction of sp³-hybridized carbons (Fsp3) is 0.385. The lowest BCUT2D eigenvalue weighted by molar-refractivity contribution is 0.00782. The third kappa shape index (κ3) is 5.99. The Balaban J connectivity index is 1.55. The van der Waals surface area contributed by atoms with Gasteiger partial charge in [-0.3, -0.25) is 0 Å². The molecule has 2 amide bonds. The molecule has 38 heavy (non-hydrogen) atoms. The minimum absolute atomic E-state index is 0.0843. The molecule has 0 spiro atoms. The summed E-state index contributed by atoms with van der Waals surface area (Å²) in [6.45, 7) is 8.11. The Hall–Kier alpha value is -3.86. The Bertz CT molecular complexity index is 1370. The maximum Gasteiger partial charge on any atom is 0.415 e. The van der Waals surface area contributed by atoms with Crippen LogP contribution >= 0.6 is 11.6 Å². The van der Waals surface area contributed by atoms with Gasteiger partial charge in [-0.25, -0.2) is 23.9 Å². The Morgan fingerprint density at radius 1 is 1.13 bits per heavy atom. The van der Waals surface area contributed by atoms with Crippen LogP contribution in [0.1, 0.15) is 27.7 Å². The molecule has 1 aliphatic rings. The van der Waals surface area contributed by atoms with Crippen LogP contribution in [0.5, 0.6) is 11.5 Å². The number of benzene rings is 2. The van der Waals surface area contributed by atoms with Crippen molar-refractivity contribution in [1.82, 2.24) is 19.8 Å². The zero-order valence-corrected chi connectivity index (χ0v) is 22.5. The molecule has 202 valence electrons. The number of hydrogen-bond acceptors (Lipinski definition) is 8. The van der Waals surface area contributed by atoms with Gasteiger partial charge in [0.1, 0.15) is 23.6 Å². The monoisotopic (exact) mass is 545 g/mol. The summed E-state index contributed by atoms with van der Waals surface area (Å²) in [5, 5.41) is 3.43. The minimum Gasteiger partial charge on any atom is -0.493 e. The van der Waals surface area contributed by atoms with E-state index in [1.807, 2.05) is 6.92 Å². The quantitative estimate of drug-likeness (QED) is 0.450. The fourth-order valence-corrected chi connectivity index (χ4v) is 4.18. The van der Waals surface area contributed by atoms with Gasteiger partial charge in [-0.2, -0.15) is 0 Å². The van der Waals surface area contributed by atoms with Crippen molar-refractivity contribution in [2.45, 2.75) is 39.3 Å². The third-order valence-electron chi connectivity index (χ3n) is 5.84. The zero-order chi connectivity index (χ0) is 27.6. The number of aromatic nitrogens is 2. The predicted molar refractivity (Wildman–Crippen MR) is 141 cm³/mol. The molecule has 0 aliphatic carbocycles. The average Bonchev–Trinajstić information content (AvgIpc) is 2.85. The molecule has 1 fully saturated rings. The number of methoxy groups -OCH3 is 1. The summed E-state index contributed by atoms with van der Waals surface area (Å²) in [7, 11) is 1.45. The molecule has 2 aromatic carbocycles. The lowest BCUT2D eigenvalue weighted by Gasteiger charge is -2.39. The highest BCUT2D eigenvalue weighted by atomic mass is 35.5. The van der Waals surface area contributed by atoms with Crippen molar-refractivity contribution in [3.8, 4) is 11.5 Å². The molecular formula is C26H29ClFN5O5. The van der Waals surface area contributed by atoms with E-state index in [2.05, 4.69) is 15.3 Å². The van der Waals surface area contributed by atoms with Crippen LogP contribution in [-0.2, 0) is 4.74 Å². The molecule has 0 radical (unpaired) electrons. The molecule has 0 saturated carbocycles. The standard InChI is InChI=1S/C26H29ClFN5O5/c1-15-13-32(24(34)38-26(2,3)4)9-10-33(15)25(35)37-21-11-16-19(12-20(21)36-5)29-14-30-23(16)31-18-8-6-7-17(28)22(18)27/h6-8,11-12,14-15H,9-10,13H2,1-5H3,(H,29,30,31)/t15-/m1/s1. The predicted octanol–water partition coefficient (Wildman–Crippen LogP) is 5.61. The molecule has 1 atom stereocenters. The minimum atomic E-state index is -0.611. The first kappa shape index (κ1) is 27.2. The summed E-state index contributed by atoms with van der Waals surface area (Å²) in [5.41, 5.74) is 0.212. The summed E-state index contributed by atoms with van der Waals surface area (Å²) < 4.78 is 30.6. The van der Waals surface area contributed by atoms with Crippen LogP contribution in [-0.4, -0.2) is 70.3 Å². The first-order valence-corrected chi connectivity index (χ1v) is 12.3. The van der Waals surface area contributed by atoms with E-state index < -0.39 is 23.6 Å². The first-order chi connectivity index (χ1) is 18.0. The van der Waals surface area contributed by atoms with E-state index in [1.165, 1.54) is 30.5 Å². The van der Waals surface area contributed by atoms with Crippen molar-refractivity contribution in [3.63, 3.8) is 0 Å². The number of carbonyl (C=O) groups excluding carboxylic acids is 2. The molecule has 1 N–H and O–H groups in total. The summed E-state index contributed by atoms with van der Waals surface area (Å²) in [6.07, 6.45) is 0.319. The van der Waals surface area contributed by atoms with Crippen LogP contribution in [0.4, 0.5) is 25.5 Å². The third-order valence-corrected chi connectivity index (χ3v) is 6.22.